The fourth-order valence-electron chi connectivity index (χ4n) is 6.67. The van der Waals surface area contributed by atoms with Crippen LogP contribution >= 0.6 is 0 Å². The summed E-state index contributed by atoms with van der Waals surface area (Å²) >= 11 is 0. The quantitative estimate of drug-likeness (QED) is 0.194. The highest BCUT2D eigenvalue weighted by Crippen LogP contribution is 2.54. The minimum atomic E-state index is -4.67. The van der Waals surface area contributed by atoms with Crippen LogP contribution < -0.4 is 4.90 Å². The number of hydrogen-bond donors (Lipinski definition) is 0. The number of benzene rings is 4. The number of carbonyl (C=O) groups is 3. The molecule has 2 fully saturated rings. The van der Waals surface area contributed by atoms with Crippen LogP contribution in [0.3, 0.4) is 0 Å². The molecule has 3 aliphatic rings. The second-order valence-corrected chi connectivity index (χ2v) is 11.0. The van der Waals surface area contributed by atoms with Crippen LogP contribution in [0.2, 0.25) is 0 Å². The van der Waals surface area contributed by atoms with E-state index in [-0.39, 0.29) is 5.69 Å². The number of fused-ring (bicyclic) bond motifs is 5. The molecule has 2 saturated heterocycles. The van der Waals surface area contributed by atoms with Crippen LogP contribution in [0.15, 0.2) is 115 Å². The van der Waals surface area contributed by atoms with Crippen LogP contribution in [0.1, 0.15) is 40.0 Å². The van der Waals surface area contributed by atoms with E-state index in [2.05, 4.69) is 0 Å². The number of nitrogens with zero attached hydrogens (tertiary/aromatic N) is 2. The van der Waals surface area contributed by atoms with E-state index in [1.54, 1.807) is 11.1 Å². The van der Waals surface area contributed by atoms with Gasteiger partial charge in [0.05, 0.1) is 29.1 Å². The molecule has 0 spiro atoms. The maximum Gasteiger partial charge on any atom is 0.416 e. The molecular weight excluding hydrogens is 569 g/mol. The standard InChI is InChI=1S/C35H25F3N2O4/c36-35(37,38)24-15-9-16-25(20-24)40-32(41)27-28(33(40)42)30(39-19-18-21-10-7-8-17-26(21)29(27)39)34(43)44-31(22-11-3-1-4-12-22)23-13-5-2-6-14-23/h1-20,27-31H/t27-,28+,29?,30-/m1/s1. The Morgan fingerprint density at radius 2 is 1.36 bits per heavy atom. The molecule has 220 valence electrons. The number of ether oxygens (including phenoxy) is 1. The lowest BCUT2D eigenvalue weighted by Crippen LogP contribution is -2.45. The molecule has 0 radical (unpaired) electrons. The number of amides is 2. The minimum absolute atomic E-state index is 0.186. The summed E-state index contributed by atoms with van der Waals surface area (Å²) in [7, 11) is 0. The summed E-state index contributed by atoms with van der Waals surface area (Å²) in [6, 6.07) is 28.0. The zero-order chi connectivity index (χ0) is 30.6. The second-order valence-electron chi connectivity index (χ2n) is 11.0. The van der Waals surface area contributed by atoms with Gasteiger partial charge in [-0.1, -0.05) is 91.0 Å². The SMILES string of the molecule is O=C(OC(c1ccccc1)c1ccccc1)[C@H]1[C@H]2C(=O)N(c3cccc(C(F)(F)F)c3)C(=O)[C@H]2C2c3ccccc3C=CN21. The van der Waals surface area contributed by atoms with Crippen LogP contribution in [-0.2, 0) is 25.3 Å². The van der Waals surface area contributed by atoms with Gasteiger partial charge in [0.1, 0.15) is 6.04 Å². The van der Waals surface area contributed by atoms with E-state index >= 15 is 0 Å². The van der Waals surface area contributed by atoms with E-state index in [4.69, 9.17) is 4.74 Å². The Morgan fingerprint density at radius 1 is 0.750 bits per heavy atom. The van der Waals surface area contributed by atoms with Crippen molar-refractivity contribution in [3.63, 3.8) is 0 Å². The number of carbonyl (C=O) groups excluding carboxylic acids is 3. The maximum atomic E-state index is 14.3. The summed E-state index contributed by atoms with van der Waals surface area (Å²) in [6.45, 7) is 0. The van der Waals surface area contributed by atoms with Gasteiger partial charge in [0.25, 0.3) is 0 Å². The summed E-state index contributed by atoms with van der Waals surface area (Å²) in [5.74, 6) is -4.31. The van der Waals surface area contributed by atoms with E-state index < -0.39 is 59.5 Å². The van der Waals surface area contributed by atoms with Crippen LogP contribution in [0, 0.1) is 11.8 Å². The lowest BCUT2D eigenvalue weighted by Gasteiger charge is -2.35. The van der Waals surface area contributed by atoms with Crippen LogP contribution in [0.25, 0.3) is 6.08 Å². The van der Waals surface area contributed by atoms with Gasteiger partial charge in [-0.15, -0.1) is 0 Å². The Morgan fingerprint density at radius 3 is 2.02 bits per heavy atom. The number of halogens is 3. The van der Waals surface area contributed by atoms with Crippen molar-refractivity contribution in [2.75, 3.05) is 4.90 Å². The number of imide groups is 1. The molecule has 3 aliphatic heterocycles. The van der Waals surface area contributed by atoms with Gasteiger partial charge in [-0.25, -0.2) is 9.69 Å². The second kappa shape index (κ2) is 10.5. The molecule has 9 heteroatoms. The van der Waals surface area contributed by atoms with Gasteiger partial charge in [-0.05, 0) is 46.5 Å². The zero-order valence-corrected chi connectivity index (χ0v) is 23.1. The van der Waals surface area contributed by atoms with Crippen molar-refractivity contribution < 1.29 is 32.3 Å². The van der Waals surface area contributed by atoms with Gasteiger partial charge < -0.3 is 9.64 Å². The highest BCUT2D eigenvalue weighted by molar-refractivity contribution is 6.24. The van der Waals surface area contributed by atoms with Gasteiger partial charge in [0.2, 0.25) is 11.8 Å². The molecule has 0 aromatic heterocycles. The number of hydrogen-bond acceptors (Lipinski definition) is 5. The molecule has 0 N–H and O–H groups in total. The summed E-state index contributed by atoms with van der Waals surface area (Å²) in [4.78, 5) is 45.0. The highest BCUT2D eigenvalue weighted by Gasteiger charge is 2.65. The third-order valence-corrected chi connectivity index (χ3v) is 8.57. The van der Waals surface area contributed by atoms with E-state index in [9.17, 15) is 27.6 Å². The first-order valence-electron chi connectivity index (χ1n) is 14.1. The van der Waals surface area contributed by atoms with Crippen molar-refractivity contribution >= 4 is 29.5 Å². The third-order valence-electron chi connectivity index (χ3n) is 8.57. The van der Waals surface area contributed by atoms with E-state index in [0.29, 0.717) is 0 Å². The number of esters is 1. The number of rotatable bonds is 5. The lowest BCUT2D eigenvalue weighted by atomic mass is 9.84. The average Bonchev–Trinajstić information content (AvgIpc) is 3.52. The van der Waals surface area contributed by atoms with Crippen molar-refractivity contribution in [2.24, 2.45) is 11.8 Å². The van der Waals surface area contributed by atoms with Crippen LogP contribution in [-0.4, -0.2) is 28.7 Å². The van der Waals surface area contributed by atoms with Gasteiger partial charge in [0, 0.05) is 6.20 Å². The van der Waals surface area contributed by atoms with E-state index in [0.717, 1.165) is 45.4 Å². The molecule has 0 saturated carbocycles. The molecule has 4 aromatic carbocycles. The fourth-order valence-corrected chi connectivity index (χ4v) is 6.67. The molecule has 1 unspecified atom stereocenters. The van der Waals surface area contributed by atoms with Crippen molar-refractivity contribution in [3.05, 3.63) is 143 Å². The number of alkyl halides is 3. The Bertz CT molecular complexity index is 1750. The van der Waals surface area contributed by atoms with Gasteiger partial charge in [0.15, 0.2) is 6.10 Å². The molecule has 2 amide bonds. The lowest BCUT2D eigenvalue weighted by molar-refractivity contribution is -0.155. The average molecular weight is 595 g/mol. The molecule has 44 heavy (non-hydrogen) atoms. The summed E-state index contributed by atoms with van der Waals surface area (Å²) in [5.41, 5.74) is 1.84. The van der Waals surface area contributed by atoms with Crippen molar-refractivity contribution in [3.8, 4) is 0 Å². The summed E-state index contributed by atoms with van der Waals surface area (Å²) < 4.78 is 46.9. The van der Waals surface area contributed by atoms with Gasteiger partial charge in [-0.2, -0.15) is 13.2 Å². The Balaban J connectivity index is 1.31. The Kier molecular flexibility index (Phi) is 6.61. The fraction of sp³-hybridized carbons (Fsp3) is 0.171. The molecule has 4 atom stereocenters. The van der Waals surface area contributed by atoms with Gasteiger partial charge in [-0.3, -0.25) is 9.59 Å². The van der Waals surface area contributed by atoms with Crippen molar-refractivity contribution in [1.29, 1.82) is 0 Å². The van der Waals surface area contributed by atoms with Crippen molar-refractivity contribution in [2.45, 2.75) is 24.4 Å². The molecule has 6 nitrogen and oxygen atoms in total. The van der Waals surface area contributed by atoms with Crippen molar-refractivity contribution in [1.82, 2.24) is 4.90 Å². The molecule has 3 heterocycles. The topological polar surface area (TPSA) is 66.9 Å². The predicted octanol–water partition coefficient (Wildman–Crippen LogP) is 6.55. The first-order valence-corrected chi connectivity index (χ1v) is 14.1. The van der Waals surface area contributed by atoms with Gasteiger partial charge >= 0.3 is 12.1 Å². The Labute approximate surface area is 251 Å². The first-order chi connectivity index (χ1) is 21.2. The molecular formula is C35H25F3N2O4. The largest absolute Gasteiger partial charge is 0.451 e. The third kappa shape index (κ3) is 4.47. The molecule has 0 bridgehead atoms. The van der Waals surface area contributed by atoms with Crippen LogP contribution in [0.5, 0.6) is 0 Å². The monoisotopic (exact) mass is 594 g/mol. The maximum absolute atomic E-state index is 14.3. The molecule has 4 aromatic rings. The minimum Gasteiger partial charge on any atom is -0.451 e. The zero-order valence-electron chi connectivity index (χ0n) is 23.1. The van der Waals surface area contributed by atoms with Crippen LogP contribution in [0.4, 0.5) is 18.9 Å². The predicted molar refractivity (Wildman–Crippen MR) is 156 cm³/mol. The highest BCUT2D eigenvalue weighted by atomic mass is 19.4. The first kappa shape index (κ1) is 27.6. The normalized spacial score (nSPS) is 22.2. The number of anilines is 1. The van der Waals surface area contributed by atoms with E-state index in [1.807, 2.05) is 91.0 Å². The molecule has 7 rings (SSSR count). The van der Waals surface area contributed by atoms with E-state index in [1.165, 1.54) is 6.07 Å². The Hall–Kier alpha value is -5.18. The summed E-state index contributed by atoms with van der Waals surface area (Å²) in [5, 5.41) is 0. The molecule has 0 aliphatic carbocycles. The smallest absolute Gasteiger partial charge is 0.416 e. The summed E-state index contributed by atoms with van der Waals surface area (Å²) in [6.07, 6.45) is -1.95.